The van der Waals surface area contributed by atoms with Gasteiger partial charge in [-0.2, -0.15) is 0 Å². The van der Waals surface area contributed by atoms with Crippen LogP contribution in [0.1, 0.15) is 25.7 Å². The van der Waals surface area contributed by atoms with E-state index in [1.54, 1.807) is 0 Å². The van der Waals surface area contributed by atoms with Gasteiger partial charge < -0.3 is 20.3 Å². The lowest BCUT2D eigenvalue weighted by Crippen LogP contribution is -2.48. The van der Waals surface area contributed by atoms with Crippen molar-refractivity contribution in [3.63, 3.8) is 0 Å². The zero-order valence-corrected chi connectivity index (χ0v) is 16.3. The molecule has 0 radical (unpaired) electrons. The van der Waals surface area contributed by atoms with Crippen LogP contribution in [0.3, 0.4) is 0 Å². The minimum Gasteiger partial charge on any atom is -0.371 e. The molecule has 7 heteroatoms. The predicted molar refractivity (Wildman–Crippen MR) is 106 cm³/mol. The van der Waals surface area contributed by atoms with Crippen molar-refractivity contribution in [2.24, 2.45) is 5.73 Å². The number of piperidine rings is 1. The van der Waals surface area contributed by atoms with Gasteiger partial charge in [0, 0.05) is 38.4 Å². The van der Waals surface area contributed by atoms with Gasteiger partial charge in [-0.1, -0.05) is 18.2 Å². The minimum absolute atomic E-state index is 0. The standard InChI is InChI=1S/C18H27N3O2.2ClH/c1-20(14-5-3-2-4-6-14)15-9-11-21(12-10-15)18(22)17-8-7-16(13-19)23-17;;/h2-6,15-17H,7-13,19H2,1H3;2*1H/t16-,17+;;/m1../s1. The smallest absolute Gasteiger partial charge is 0.251 e. The van der Waals surface area contributed by atoms with Crippen LogP contribution in [0.25, 0.3) is 0 Å². The van der Waals surface area contributed by atoms with Gasteiger partial charge in [0.05, 0.1) is 6.10 Å². The second-order valence-electron chi connectivity index (χ2n) is 6.56. The van der Waals surface area contributed by atoms with E-state index in [1.165, 1.54) is 5.69 Å². The second kappa shape index (κ2) is 10.2. The first-order chi connectivity index (χ1) is 11.2. The van der Waals surface area contributed by atoms with E-state index < -0.39 is 0 Å². The molecule has 1 amide bonds. The third kappa shape index (κ3) is 5.23. The van der Waals surface area contributed by atoms with Crippen LogP contribution in [0.2, 0.25) is 0 Å². The number of halogens is 2. The number of carbonyl (C=O) groups excluding carboxylic acids is 1. The Bertz CT molecular complexity index is 524. The number of likely N-dealkylation sites (tertiary alicyclic amines) is 1. The highest BCUT2D eigenvalue weighted by atomic mass is 35.5. The van der Waals surface area contributed by atoms with Gasteiger partial charge in [0.1, 0.15) is 6.10 Å². The predicted octanol–water partition coefficient (Wildman–Crippen LogP) is 2.46. The molecule has 2 aliphatic rings. The number of amides is 1. The number of nitrogens with zero attached hydrogens (tertiary/aromatic N) is 2. The summed E-state index contributed by atoms with van der Waals surface area (Å²) in [4.78, 5) is 16.9. The van der Waals surface area contributed by atoms with Gasteiger partial charge in [0.25, 0.3) is 5.91 Å². The molecule has 2 heterocycles. The number of nitrogens with two attached hydrogens (primary N) is 1. The molecule has 2 aliphatic heterocycles. The van der Waals surface area contributed by atoms with Crippen molar-refractivity contribution in [1.82, 2.24) is 4.90 Å². The van der Waals surface area contributed by atoms with E-state index in [9.17, 15) is 4.79 Å². The highest BCUT2D eigenvalue weighted by Gasteiger charge is 2.34. The van der Waals surface area contributed by atoms with Gasteiger partial charge in [0.15, 0.2) is 0 Å². The van der Waals surface area contributed by atoms with Crippen LogP contribution >= 0.6 is 24.8 Å². The molecule has 5 nitrogen and oxygen atoms in total. The van der Waals surface area contributed by atoms with Gasteiger partial charge in [-0.25, -0.2) is 0 Å². The van der Waals surface area contributed by atoms with Crippen LogP contribution in [0, 0.1) is 0 Å². The number of anilines is 1. The van der Waals surface area contributed by atoms with E-state index >= 15 is 0 Å². The van der Waals surface area contributed by atoms with Gasteiger partial charge >= 0.3 is 0 Å². The van der Waals surface area contributed by atoms with Crippen LogP contribution < -0.4 is 10.6 Å². The van der Waals surface area contributed by atoms with Crippen molar-refractivity contribution in [2.75, 3.05) is 31.6 Å². The molecule has 0 spiro atoms. The molecule has 2 N–H and O–H groups in total. The molecule has 2 atom stereocenters. The van der Waals surface area contributed by atoms with Crippen LogP contribution in [-0.4, -0.2) is 55.7 Å². The highest BCUT2D eigenvalue weighted by Crippen LogP contribution is 2.25. The van der Waals surface area contributed by atoms with E-state index in [1.807, 2.05) is 11.0 Å². The average molecular weight is 390 g/mol. The van der Waals surface area contributed by atoms with Crippen LogP contribution in [0.4, 0.5) is 5.69 Å². The Hall–Kier alpha value is -1.01. The third-order valence-corrected chi connectivity index (χ3v) is 5.13. The Morgan fingerprint density at radius 1 is 1.16 bits per heavy atom. The first-order valence-electron chi connectivity index (χ1n) is 8.61. The maximum atomic E-state index is 12.6. The van der Waals surface area contributed by atoms with Crippen LogP contribution in [-0.2, 0) is 9.53 Å². The fourth-order valence-electron chi connectivity index (χ4n) is 3.61. The lowest BCUT2D eigenvalue weighted by atomic mass is 10.0. The second-order valence-corrected chi connectivity index (χ2v) is 6.56. The average Bonchev–Trinajstić information content (AvgIpc) is 3.10. The maximum absolute atomic E-state index is 12.6. The number of hydrogen-bond acceptors (Lipinski definition) is 4. The van der Waals surface area contributed by atoms with Crippen molar-refractivity contribution in [2.45, 2.75) is 43.9 Å². The number of carbonyl (C=O) groups is 1. The van der Waals surface area contributed by atoms with E-state index in [0.29, 0.717) is 12.6 Å². The van der Waals surface area contributed by atoms with Crippen molar-refractivity contribution >= 4 is 36.4 Å². The first kappa shape index (κ1) is 22.0. The maximum Gasteiger partial charge on any atom is 0.251 e. The van der Waals surface area contributed by atoms with Gasteiger partial charge in [0.2, 0.25) is 0 Å². The zero-order chi connectivity index (χ0) is 16.2. The van der Waals surface area contributed by atoms with Crippen molar-refractivity contribution < 1.29 is 9.53 Å². The molecule has 1 aromatic rings. The summed E-state index contributed by atoms with van der Waals surface area (Å²) >= 11 is 0. The van der Waals surface area contributed by atoms with Crippen LogP contribution in [0.15, 0.2) is 30.3 Å². The van der Waals surface area contributed by atoms with Crippen molar-refractivity contribution in [1.29, 1.82) is 0 Å². The quantitative estimate of drug-likeness (QED) is 0.858. The molecular weight excluding hydrogens is 361 g/mol. The summed E-state index contributed by atoms with van der Waals surface area (Å²) in [5.74, 6) is 0.154. The van der Waals surface area contributed by atoms with E-state index in [4.69, 9.17) is 10.5 Å². The van der Waals surface area contributed by atoms with E-state index in [-0.39, 0.29) is 42.9 Å². The van der Waals surface area contributed by atoms with Crippen LogP contribution in [0.5, 0.6) is 0 Å². The molecule has 0 aromatic heterocycles. The minimum atomic E-state index is -0.271. The fraction of sp³-hybridized carbons (Fsp3) is 0.611. The zero-order valence-electron chi connectivity index (χ0n) is 14.7. The summed E-state index contributed by atoms with van der Waals surface area (Å²) in [7, 11) is 2.14. The third-order valence-electron chi connectivity index (χ3n) is 5.13. The number of para-hydroxylation sites is 1. The summed E-state index contributed by atoms with van der Waals surface area (Å²) in [5, 5.41) is 0. The highest BCUT2D eigenvalue weighted by molar-refractivity contribution is 5.85. The molecule has 0 aliphatic carbocycles. The molecule has 1 aromatic carbocycles. The fourth-order valence-corrected chi connectivity index (χ4v) is 3.61. The first-order valence-corrected chi connectivity index (χ1v) is 8.61. The molecule has 142 valence electrons. The van der Waals surface area contributed by atoms with E-state index in [0.717, 1.165) is 38.8 Å². The Morgan fingerprint density at radius 3 is 2.36 bits per heavy atom. The number of benzene rings is 1. The summed E-state index contributed by atoms with van der Waals surface area (Å²) < 4.78 is 5.74. The Labute approximate surface area is 162 Å². The largest absolute Gasteiger partial charge is 0.371 e. The van der Waals surface area contributed by atoms with Gasteiger partial charge in [-0.15, -0.1) is 24.8 Å². The normalized spacial score (nSPS) is 23.5. The molecule has 0 bridgehead atoms. The Kier molecular flexibility index (Phi) is 9.00. The Morgan fingerprint density at radius 2 is 1.80 bits per heavy atom. The lowest BCUT2D eigenvalue weighted by molar-refractivity contribution is -0.143. The lowest BCUT2D eigenvalue weighted by Gasteiger charge is -2.38. The molecule has 3 rings (SSSR count). The molecule has 25 heavy (non-hydrogen) atoms. The number of rotatable bonds is 4. The van der Waals surface area contributed by atoms with E-state index in [2.05, 4.69) is 36.2 Å². The topological polar surface area (TPSA) is 58.8 Å². The van der Waals surface area contributed by atoms with Crippen molar-refractivity contribution in [3.8, 4) is 0 Å². The summed E-state index contributed by atoms with van der Waals surface area (Å²) in [6.45, 7) is 2.13. The monoisotopic (exact) mass is 389 g/mol. The summed E-state index contributed by atoms with van der Waals surface area (Å²) in [6, 6.07) is 10.9. The number of ether oxygens (including phenoxy) is 1. The summed E-state index contributed by atoms with van der Waals surface area (Å²) in [6.07, 6.45) is 3.51. The summed E-state index contributed by atoms with van der Waals surface area (Å²) in [5.41, 5.74) is 6.86. The molecule has 0 unspecified atom stereocenters. The number of hydrogen-bond donors (Lipinski definition) is 1. The molecular formula is C18H29Cl2N3O2. The van der Waals surface area contributed by atoms with Gasteiger partial charge in [-0.3, -0.25) is 4.79 Å². The van der Waals surface area contributed by atoms with Crippen molar-refractivity contribution in [3.05, 3.63) is 30.3 Å². The SMILES string of the molecule is CN(c1ccccc1)C1CCN(C(=O)[C@@H]2CC[C@H](CN)O2)CC1.Cl.Cl. The molecule has 2 fully saturated rings. The van der Waals surface area contributed by atoms with Gasteiger partial charge in [-0.05, 0) is 37.8 Å². The Balaban J connectivity index is 0.00000156. The molecule has 0 saturated carbocycles. The molecule has 2 saturated heterocycles.